The number of aromatic nitrogens is 3. The molecule has 2 fully saturated rings. The average molecular weight is 670 g/mol. The van der Waals surface area contributed by atoms with E-state index in [1.807, 2.05) is 23.4 Å². The lowest BCUT2D eigenvalue weighted by molar-refractivity contribution is -0.137. The molecule has 2 atom stereocenters. The Hall–Kier alpha value is -4.25. The van der Waals surface area contributed by atoms with Crippen LogP contribution in [0, 0.1) is 19.8 Å². The van der Waals surface area contributed by atoms with Gasteiger partial charge in [0.1, 0.15) is 12.1 Å². The molecular formula is C38H51N7O4. The average Bonchev–Trinajstić information content (AvgIpc) is 3.71. The molecule has 6 rings (SSSR count). The summed E-state index contributed by atoms with van der Waals surface area (Å²) in [6.07, 6.45) is 7.71. The van der Waals surface area contributed by atoms with Crippen LogP contribution < -0.4 is 10.2 Å². The van der Waals surface area contributed by atoms with Gasteiger partial charge in [0.15, 0.2) is 0 Å². The van der Waals surface area contributed by atoms with Crippen molar-refractivity contribution in [3.8, 4) is 5.69 Å². The predicted octanol–water partition coefficient (Wildman–Crippen LogP) is 4.77. The zero-order chi connectivity index (χ0) is 34.3. The summed E-state index contributed by atoms with van der Waals surface area (Å²) < 4.78 is 1.95. The number of carbonyl (C=O) groups is 3. The first-order chi connectivity index (χ1) is 23.7. The number of nitrogens with one attached hydrogen (secondary N) is 1. The van der Waals surface area contributed by atoms with Crippen molar-refractivity contribution in [3.05, 3.63) is 64.6 Å². The molecule has 2 saturated heterocycles. The summed E-state index contributed by atoms with van der Waals surface area (Å²) in [5.41, 5.74) is 7.36. The van der Waals surface area contributed by atoms with Crippen LogP contribution in [-0.4, -0.2) is 100 Å². The van der Waals surface area contributed by atoms with Crippen LogP contribution in [0.5, 0.6) is 0 Å². The van der Waals surface area contributed by atoms with Crippen LogP contribution in [-0.2, 0) is 27.2 Å². The molecule has 11 nitrogen and oxygen atoms in total. The second-order valence-corrected chi connectivity index (χ2v) is 14.1. The van der Waals surface area contributed by atoms with Gasteiger partial charge < -0.3 is 29.9 Å². The zero-order valence-corrected chi connectivity index (χ0v) is 29.1. The van der Waals surface area contributed by atoms with Crippen LogP contribution in [0.3, 0.4) is 0 Å². The Morgan fingerprint density at radius 2 is 1.88 bits per heavy atom. The van der Waals surface area contributed by atoms with E-state index in [4.69, 9.17) is 10.1 Å². The molecule has 11 heteroatoms. The third-order valence-corrected chi connectivity index (χ3v) is 10.4. The number of anilines is 2. The number of pyridine rings is 1. The minimum Gasteiger partial charge on any atom is -0.481 e. The summed E-state index contributed by atoms with van der Waals surface area (Å²) in [4.78, 5) is 47.2. The lowest BCUT2D eigenvalue weighted by atomic mass is 9.93. The summed E-state index contributed by atoms with van der Waals surface area (Å²) in [6.45, 7) is 10.2. The molecule has 2 aromatic heterocycles. The van der Waals surface area contributed by atoms with Gasteiger partial charge in [-0.2, -0.15) is 5.10 Å². The highest BCUT2D eigenvalue weighted by Gasteiger charge is 2.28. The highest BCUT2D eigenvalue weighted by molar-refractivity contribution is 5.77. The standard InChI is InChI=1S/C38H51N7O4/c1-27-20-28(2)45(41-27)35-22-31(21-34(24-35)43-15-17-44(18-16-43)36(47)7-3-4-19-46)32(23-37(48)49)26-42-14-12-29(25-42)8-10-33-11-9-30-6-5-13-39-38(30)40-33/h9,11,19-22,24,29,32H,3-8,10,12-18,23,25-26H2,1-2H3,(H,39,40)(H,48,49). The molecule has 1 amide bonds. The van der Waals surface area contributed by atoms with Gasteiger partial charge in [0.25, 0.3) is 0 Å². The summed E-state index contributed by atoms with van der Waals surface area (Å²) in [5.74, 6) is 0.732. The fourth-order valence-corrected chi connectivity index (χ4v) is 7.74. The van der Waals surface area contributed by atoms with Gasteiger partial charge in [0.2, 0.25) is 5.91 Å². The molecule has 0 radical (unpaired) electrons. The van der Waals surface area contributed by atoms with Crippen LogP contribution in [0.15, 0.2) is 36.4 Å². The van der Waals surface area contributed by atoms with E-state index in [0.29, 0.717) is 57.9 Å². The number of aliphatic carboxylic acids is 1. The number of carbonyl (C=O) groups excluding carboxylic acids is 2. The number of aryl methyl sites for hydroxylation is 4. The molecule has 49 heavy (non-hydrogen) atoms. The van der Waals surface area contributed by atoms with Crippen molar-refractivity contribution >= 4 is 29.7 Å². The molecule has 2 N–H and O–H groups in total. The van der Waals surface area contributed by atoms with E-state index in [9.17, 15) is 19.5 Å². The van der Waals surface area contributed by atoms with Crippen molar-refractivity contribution in [2.24, 2.45) is 5.92 Å². The number of unbranched alkanes of at least 4 members (excludes halogenated alkanes) is 1. The van der Waals surface area contributed by atoms with Crippen LogP contribution in [0.1, 0.15) is 79.1 Å². The maximum absolute atomic E-state index is 12.7. The normalized spacial score (nSPS) is 18.6. The van der Waals surface area contributed by atoms with E-state index < -0.39 is 5.97 Å². The molecule has 0 bridgehead atoms. The zero-order valence-electron chi connectivity index (χ0n) is 29.1. The summed E-state index contributed by atoms with van der Waals surface area (Å²) in [5, 5.41) is 18.3. The maximum atomic E-state index is 12.7. The second kappa shape index (κ2) is 16.0. The summed E-state index contributed by atoms with van der Waals surface area (Å²) in [7, 11) is 0. The molecule has 2 unspecified atom stereocenters. The van der Waals surface area contributed by atoms with Crippen LogP contribution >= 0.6 is 0 Å². The minimum atomic E-state index is -0.799. The molecular weight excluding hydrogens is 618 g/mol. The smallest absolute Gasteiger partial charge is 0.304 e. The van der Waals surface area contributed by atoms with Crippen molar-refractivity contribution < 1.29 is 19.5 Å². The number of likely N-dealkylation sites (tertiary alicyclic amines) is 1. The molecule has 0 aliphatic carbocycles. The number of aldehydes is 1. The highest BCUT2D eigenvalue weighted by atomic mass is 16.4. The SMILES string of the molecule is Cc1cc(C)n(-c2cc(C(CC(=O)O)CN3CCC(CCc4ccc5c(n4)NCCC5)C3)cc(N3CCN(C(=O)CCCC=O)CC3)c2)n1. The maximum Gasteiger partial charge on any atom is 0.304 e. The van der Waals surface area contributed by atoms with Crippen molar-refractivity contribution in [2.75, 3.05) is 62.6 Å². The Bertz CT molecular complexity index is 1630. The van der Waals surface area contributed by atoms with Gasteiger partial charge >= 0.3 is 5.97 Å². The Kier molecular flexibility index (Phi) is 11.3. The molecule has 0 spiro atoms. The third-order valence-electron chi connectivity index (χ3n) is 10.4. The van der Waals surface area contributed by atoms with E-state index in [0.717, 1.165) is 97.9 Å². The molecule has 3 aliphatic heterocycles. The Labute approximate surface area is 289 Å². The van der Waals surface area contributed by atoms with E-state index in [-0.39, 0.29) is 18.2 Å². The highest BCUT2D eigenvalue weighted by Crippen LogP contribution is 2.32. The fraction of sp³-hybridized carbons (Fsp3) is 0.553. The number of rotatable bonds is 14. The summed E-state index contributed by atoms with van der Waals surface area (Å²) in [6, 6.07) is 12.9. The molecule has 0 saturated carbocycles. The van der Waals surface area contributed by atoms with Gasteiger partial charge in [-0.3, -0.25) is 9.59 Å². The van der Waals surface area contributed by atoms with Gasteiger partial charge in [-0.15, -0.1) is 0 Å². The fourth-order valence-electron chi connectivity index (χ4n) is 7.74. The first kappa shape index (κ1) is 34.6. The van der Waals surface area contributed by atoms with E-state index in [2.05, 4.69) is 51.5 Å². The number of carboxylic acid groups (broad SMARTS) is 1. The lowest BCUT2D eigenvalue weighted by Crippen LogP contribution is -2.48. The van der Waals surface area contributed by atoms with Crippen molar-refractivity contribution in [1.82, 2.24) is 24.6 Å². The quantitative estimate of drug-likeness (QED) is 0.185. The number of hydrogen-bond acceptors (Lipinski definition) is 8. The first-order valence-electron chi connectivity index (χ1n) is 18.1. The molecule has 262 valence electrons. The first-order valence-corrected chi connectivity index (χ1v) is 18.1. The van der Waals surface area contributed by atoms with Crippen LogP contribution in [0.2, 0.25) is 0 Å². The molecule has 3 aliphatic rings. The number of benzene rings is 1. The number of piperazine rings is 1. The monoisotopic (exact) mass is 669 g/mol. The van der Waals surface area contributed by atoms with Gasteiger partial charge in [-0.25, -0.2) is 9.67 Å². The number of carboxylic acids is 1. The Morgan fingerprint density at radius 1 is 1.06 bits per heavy atom. The largest absolute Gasteiger partial charge is 0.481 e. The number of fused-ring (bicyclic) bond motifs is 1. The van der Waals surface area contributed by atoms with Crippen LogP contribution in [0.4, 0.5) is 11.5 Å². The molecule has 3 aromatic rings. The van der Waals surface area contributed by atoms with E-state index in [1.165, 1.54) is 5.56 Å². The van der Waals surface area contributed by atoms with Crippen molar-refractivity contribution in [3.63, 3.8) is 0 Å². The topological polar surface area (TPSA) is 124 Å². The summed E-state index contributed by atoms with van der Waals surface area (Å²) >= 11 is 0. The van der Waals surface area contributed by atoms with Crippen molar-refractivity contribution in [1.29, 1.82) is 0 Å². The Morgan fingerprint density at radius 3 is 2.63 bits per heavy atom. The number of hydrogen-bond donors (Lipinski definition) is 2. The molecule has 1 aromatic carbocycles. The van der Waals surface area contributed by atoms with E-state index in [1.54, 1.807) is 0 Å². The molecule has 5 heterocycles. The van der Waals surface area contributed by atoms with E-state index >= 15 is 0 Å². The second-order valence-electron chi connectivity index (χ2n) is 14.1. The Balaban J connectivity index is 1.16. The number of amides is 1. The number of nitrogens with zero attached hydrogens (tertiary/aromatic N) is 6. The minimum absolute atomic E-state index is 0.0519. The predicted molar refractivity (Wildman–Crippen MR) is 191 cm³/mol. The van der Waals surface area contributed by atoms with Gasteiger partial charge in [0, 0.05) is 81.6 Å². The third kappa shape index (κ3) is 8.86. The van der Waals surface area contributed by atoms with Gasteiger partial charge in [-0.05, 0) is 106 Å². The lowest BCUT2D eigenvalue weighted by Gasteiger charge is -2.37. The van der Waals surface area contributed by atoms with Crippen molar-refractivity contribution in [2.45, 2.75) is 77.6 Å². The van der Waals surface area contributed by atoms with Gasteiger partial charge in [-0.1, -0.05) is 6.07 Å². The van der Waals surface area contributed by atoms with Gasteiger partial charge in [0.05, 0.1) is 17.8 Å². The van der Waals surface area contributed by atoms with Crippen LogP contribution in [0.25, 0.3) is 5.69 Å².